The van der Waals surface area contributed by atoms with Gasteiger partial charge in [0.1, 0.15) is 0 Å². The average molecular weight is 402 g/mol. The minimum atomic E-state index is -0.909. The van der Waals surface area contributed by atoms with Crippen molar-refractivity contribution in [2.45, 2.75) is 46.3 Å². The van der Waals surface area contributed by atoms with Crippen LogP contribution in [0.1, 0.15) is 45.0 Å². The van der Waals surface area contributed by atoms with Gasteiger partial charge in [0.2, 0.25) is 0 Å². The maximum atomic E-state index is 12.3. The van der Waals surface area contributed by atoms with Crippen molar-refractivity contribution in [2.24, 2.45) is 0 Å². The number of carbonyl (C=O) groups is 2. The first kappa shape index (κ1) is 20.3. The molecule has 0 aliphatic rings. The van der Waals surface area contributed by atoms with E-state index in [1.165, 1.54) is 20.1 Å². The fraction of sp³-hybridized carbons (Fsp3) is 0.529. The fourth-order valence-corrected chi connectivity index (χ4v) is 2.50. The lowest BCUT2D eigenvalue weighted by Gasteiger charge is -2.23. The van der Waals surface area contributed by atoms with E-state index in [-0.39, 0.29) is 11.5 Å². The molecule has 0 spiro atoms. The summed E-state index contributed by atoms with van der Waals surface area (Å²) in [6.45, 7) is 9.35. The number of benzene rings is 1. The van der Waals surface area contributed by atoms with Crippen LogP contribution in [0, 0.1) is 0 Å². The van der Waals surface area contributed by atoms with E-state index in [4.69, 9.17) is 14.2 Å². The normalized spacial score (nSPS) is 12.3. The molecule has 0 radical (unpaired) electrons. The maximum Gasteiger partial charge on any atom is 0.339 e. The molecule has 0 heterocycles. The van der Waals surface area contributed by atoms with Crippen molar-refractivity contribution in [3.63, 3.8) is 0 Å². The zero-order valence-electron chi connectivity index (χ0n) is 14.9. The molecule has 134 valence electrons. The number of ether oxygens (including phenoxy) is 3. The number of esters is 1. The number of halogens is 1. The van der Waals surface area contributed by atoms with E-state index in [9.17, 15) is 9.59 Å². The molecule has 0 saturated heterocycles. The van der Waals surface area contributed by atoms with Crippen LogP contribution >= 0.6 is 15.9 Å². The monoisotopic (exact) mass is 401 g/mol. The van der Waals surface area contributed by atoms with E-state index in [0.717, 1.165) is 0 Å². The molecule has 1 rings (SSSR count). The quantitative estimate of drug-likeness (QED) is 0.739. The minimum Gasteiger partial charge on any atom is -0.492 e. The van der Waals surface area contributed by atoms with Crippen molar-refractivity contribution in [2.75, 3.05) is 13.7 Å². The zero-order chi connectivity index (χ0) is 18.5. The molecule has 1 aromatic rings. The van der Waals surface area contributed by atoms with E-state index >= 15 is 0 Å². The Bertz CT molecular complexity index is 610. The van der Waals surface area contributed by atoms with Crippen LogP contribution in [0.25, 0.3) is 0 Å². The summed E-state index contributed by atoms with van der Waals surface area (Å²) < 4.78 is 16.5. The van der Waals surface area contributed by atoms with Gasteiger partial charge in [-0.3, -0.25) is 4.79 Å². The number of carbonyl (C=O) groups excluding carboxylic acids is 2. The first-order valence-corrected chi connectivity index (χ1v) is 8.41. The second-order valence-corrected chi connectivity index (χ2v) is 7.06. The largest absolute Gasteiger partial charge is 0.492 e. The van der Waals surface area contributed by atoms with Crippen molar-refractivity contribution in [1.82, 2.24) is 5.32 Å². The van der Waals surface area contributed by atoms with Crippen LogP contribution in [-0.4, -0.2) is 37.2 Å². The summed E-state index contributed by atoms with van der Waals surface area (Å²) in [6, 6.07) is 3.10. The van der Waals surface area contributed by atoms with Crippen LogP contribution in [0.3, 0.4) is 0 Å². The van der Waals surface area contributed by atoms with Gasteiger partial charge in [0.15, 0.2) is 17.6 Å². The van der Waals surface area contributed by atoms with E-state index in [1.54, 1.807) is 6.07 Å². The smallest absolute Gasteiger partial charge is 0.339 e. The van der Waals surface area contributed by atoms with Crippen molar-refractivity contribution in [3.05, 3.63) is 22.2 Å². The van der Waals surface area contributed by atoms with Gasteiger partial charge in [0, 0.05) is 5.54 Å². The molecular formula is C17H24BrNO5. The molecule has 0 unspecified atom stereocenters. The summed E-state index contributed by atoms with van der Waals surface area (Å²) in [6.07, 6.45) is -0.909. The van der Waals surface area contributed by atoms with Crippen LogP contribution in [0.4, 0.5) is 0 Å². The molecule has 0 fully saturated rings. The Balaban J connectivity index is 2.93. The highest BCUT2D eigenvalue weighted by Crippen LogP contribution is 2.36. The molecule has 0 aliphatic heterocycles. The van der Waals surface area contributed by atoms with Gasteiger partial charge < -0.3 is 19.5 Å². The average Bonchev–Trinajstić information content (AvgIpc) is 2.45. The van der Waals surface area contributed by atoms with Gasteiger partial charge in [-0.2, -0.15) is 0 Å². The number of amides is 1. The Morgan fingerprint density at radius 3 is 2.42 bits per heavy atom. The van der Waals surface area contributed by atoms with Gasteiger partial charge in [0.25, 0.3) is 5.91 Å². The molecule has 0 aromatic heterocycles. The molecule has 1 amide bonds. The summed E-state index contributed by atoms with van der Waals surface area (Å²) in [5.74, 6) is -0.0515. The predicted octanol–water partition coefficient (Wildman–Crippen LogP) is 3.32. The van der Waals surface area contributed by atoms with Crippen LogP contribution in [0.5, 0.6) is 11.5 Å². The lowest BCUT2D eigenvalue weighted by molar-refractivity contribution is -0.130. The number of hydrogen-bond acceptors (Lipinski definition) is 5. The Morgan fingerprint density at radius 2 is 1.92 bits per heavy atom. The molecule has 1 aromatic carbocycles. The number of rotatable bonds is 6. The first-order chi connectivity index (χ1) is 11.1. The summed E-state index contributed by atoms with van der Waals surface area (Å²) in [7, 11) is 1.51. The first-order valence-electron chi connectivity index (χ1n) is 7.62. The lowest BCUT2D eigenvalue weighted by Crippen LogP contribution is -2.46. The van der Waals surface area contributed by atoms with E-state index in [1.807, 2.05) is 27.7 Å². The minimum absolute atomic E-state index is 0.265. The van der Waals surface area contributed by atoms with E-state index < -0.39 is 17.6 Å². The SMILES string of the molecule is CCOc1cc(C(=O)O[C@H](C)C(=O)NC(C)(C)C)cc(Br)c1OC. The highest BCUT2D eigenvalue weighted by atomic mass is 79.9. The van der Waals surface area contributed by atoms with Crippen LogP contribution < -0.4 is 14.8 Å². The molecule has 7 heteroatoms. The van der Waals surface area contributed by atoms with Gasteiger partial charge in [-0.15, -0.1) is 0 Å². The van der Waals surface area contributed by atoms with Gasteiger partial charge >= 0.3 is 5.97 Å². The zero-order valence-corrected chi connectivity index (χ0v) is 16.4. The molecular weight excluding hydrogens is 378 g/mol. The maximum absolute atomic E-state index is 12.3. The Kier molecular flexibility index (Phi) is 7.08. The van der Waals surface area contributed by atoms with E-state index in [0.29, 0.717) is 22.6 Å². The second kappa shape index (κ2) is 8.37. The van der Waals surface area contributed by atoms with Crippen molar-refractivity contribution >= 4 is 27.8 Å². The topological polar surface area (TPSA) is 73.9 Å². The van der Waals surface area contributed by atoms with E-state index in [2.05, 4.69) is 21.2 Å². The second-order valence-electron chi connectivity index (χ2n) is 6.21. The van der Waals surface area contributed by atoms with Crippen molar-refractivity contribution in [1.29, 1.82) is 0 Å². The van der Waals surface area contributed by atoms with Gasteiger partial charge in [-0.1, -0.05) is 0 Å². The summed E-state index contributed by atoms with van der Waals surface area (Å²) >= 11 is 3.34. The Morgan fingerprint density at radius 1 is 1.29 bits per heavy atom. The third-order valence-corrected chi connectivity index (χ3v) is 3.49. The summed E-state index contributed by atoms with van der Waals surface area (Å²) in [5, 5.41) is 2.77. The number of nitrogens with one attached hydrogen (secondary N) is 1. The molecule has 0 saturated carbocycles. The van der Waals surface area contributed by atoms with Crippen LogP contribution in [0.2, 0.25) is 0 Å². The van der Waals surface area contributed by atoms with Crippen LogP contribution in [-0.2, 0) is 9.53 Å². The van der Waals surface area contributed by atoms with Gasteiger partial charge in [-0.25, -0.2) is 4.79 Å². The third kappa shape index (κ3) is 5.70. The predicted molar refractivity (Wildman–Crippen MR) is 94.6 cm³/mol. The van der Waals surface area contributed by atoms with Crippen molar-refractivity contribution < 1.29 is 23.8 Å². The molecule has 24 heavy (non-hydrogen) atoms. The lowest BCUT2D eigenvalue weighted by atomic mass is 10.1. The Hall–Kier alpha value is -1.76. The molecule has 1 atom stereocenters. The van der Waals surface area contributed by atoms with Crippen LogP contribution in [0.15, 0.2) is 16.6 Å². The van der Waals surface area contributed by atoms with Gasteiger partial charge in [0.05, 0.1) is 23.8 Å². The fourth-order valence-electron chi connectivity index (χ4n) is 1.90. The summed E-state index contributed by atoms with van der Waals surface area (Å²) in [5.41, 5.74) is -0.134. The Labute approximate surface area is 151 Å². The molecule has 0 aliphatic carbocycles. The van der Waals surface area contributed by atoms with Gasteiger partial charge in [-0.05, 0) is 62.7 Å². The number of methoxy groups -OCH3 is 1. The van der Waals surface area contributed by atoms with Crippen molar-refractivity contribution in [3.8, 4) is 11.5 Å². The number of hydrogen-bond donors (Lipinski definition) is 1. The highest BCUT2D eigenvalue weighted by molar-refractivity contribution is 9.10. The molecule has 0 bridgehead atoms. The molecule has 6 nitrogen and oxygen atoms in total. The standard InChI is InChI=1S/C17H24BrNO5/c1-7-23-13-9-11(8-12(18)14(13)22-6)16(21)24-10(2)15(20)19-17(3,4)5/h8-10H,7H2,1-6H3,(H,19,20)/t10-/m1/s1. The molecule has 1 N–H and O–H groups in total. The summed E-state index contributed by atoms with van der Waals surface area (Å²) in [4.78, 5) is 24.3. The third-order valence-electron chi connectivity index (χ3n) is 2.90. The highest BCUT2D eigenvalue weighted by Gasteiger charge is 2.24.